The highest BCUT2D eigenvalue weighted by molar-refractivity contribution is 6.30. The SMILES string of the molecule is Cc1nn(C)c(Cl)c1CC(N)CCc1ccccc1. The molecule has 0 bridgehead atoms. The van der Waals surface area contributed by atoms with Crippen LogP contribution in [-0.2, 0) is 19.9 Å². The summed E-state index contributed by atoms with van der Waals surface area (Å²) in [6.07, 6.45) is 2.74. The van der Waals surface area contributed by atoms with Crippen LogP contribution in [-0.4, -0.2) is 15.8 Å². The molecule has 0 aliphatic carbocycles. The maximum absolute atomic E-state index is 6.22. The van der Waals surface area contributed by atoms with Gasteiger partial charge in [-0.05, 0) is 31.7 Å². The van der Waals surface area contributed by atoms with Crippen molar-refractivity contribution in [1.82, 2.24) is 9.78 Å². The van der Waals surface area contributed by atoms with Crippen LogP contribution in [0.5, 0.6) is 0 Å². The molecule has 0 spiro atoms. The maximum Gasteiger partial charge on any atom is 0.130 e. The largest absolute Gasteiger partial charge is 0.327 e. The fourth-order valence-electron chi connectivity index (χ4n) is 2.27. The van der Waals surface area contributed by atoms with Crippen LogP contribution in [0.4, 0.5) is 0 Å². The van der Waals surface area contributed by atoms with Crippen LogP contribution >= 0.6 is 11.6 Å². The van der Waals surface area contributed by atoms with E-state index < -0.39 is 0 Å². The summed E-state index contributed by atoms with van der Waals surface area (Å²) in [5.41, 5.74) is 9.58. The predicted octanol–water partition coefficient (Wildman–Crippen LogP) is 2.88. The van der Waals surface area contributed by atoms with Gasteiger partial charge < -0.3 is 5.73 Å². The van der Waals surface area contributed by atoms with E-state index in [4.69, 9.17) is 17.3 Å². The number of nitrogens with two attached hydrogens (primary N) is 1. The average Bonchev–Trinajstić information content (AvgIpc) is 2.64. The third-order valence-corrected chi connectivity index (χ3v) is 3.86. The summed E-state index contributed by atoms with van der Waals surface area (Å²) in [4.78, 5) is 0. The number of nitrogens with zero attached hydrogens (tertiary/aromatic N) is 2. The van der Waals surface area contributed by atoms with Crippen molar-refractivity contribution in [1.29, 1.82) is 0 Å². The molecule has 2 rings (SSSR count). The maximum atomic E-state index is 6.22. The van der Waals surface area contributed by atoms with Gasteiger partial charge in [0, 0.05) is 18.7 Å². The second kappa shape index (κ2) is 6.22. The Balaban J connectivity index is 1.92. The van der Waals surface area contributed by atoms with Gasteiger partial charge in [-0.1, -0.05) is 41.9 Å². The lowest BCUT2D eigenvalue weighted by Crippen LogP contribution is -2.23. The molecule has 102 valence electrons. The van der Waals surface area contributed by atoms with E-state index in [0.717, 1.165) is 30.5 Å². The Morgan fingerprint density at radius 2 is 2.00 bits per heavy atom. The molecule has 1 aromatic carbocycles. The fraction of sp³-hybridized carbons (Fsp3) is 0.400. The minimum Gasteiger partial charge on any atom is -0.327 e. The van der Waals surface area contributed by atoms with Crippen LogP contribution in [0, 0.1) is 6.92 Å². The van der Waals surface area contributed by atoms with E-state index in [1.165, 1.54) is 5.56 Å². The molecule has 0 saturated heterocycles. The summed E-state index contributed by atoms with van der Waals surface area (Å²) in [5.74, 6) is 0. The molecule has 0 aliphatic rings. The molecule has 2 aromatic rings. The molecule has 0 aliphatic heterocycles. The summed E-state index contributed by atoms with van der Waals surface area (Å²) >= 11 is 6.22. The van der Waals surface area contributed by atoms with E-state index in [1.54, 1.807) is 4.68 Å². The average molecular weight is 278 g/mol. The molecule has 3 nitrogen and oxygen atoms in total. The van der Waals surface area contributed by atoms with Gasteiger partial charge in [-0.25, -0.2) is 0 Å². The second-order valence-electron chi connectivity index (χ2n) is 4.97. The zero-order valence-corrected chi connectivity index (χ0v) is 12.2. The highest BCUT2D eigenvalue weighted by Gasteiger charge is 2.14. The van der Waals surface area contributed by atoms with Crippen molar-refractivity contribution in [3.63, 3.8) is 0 Å². The van der Waals surface area contributed by atoms with Gasteiger partial charge in [0.25, 0.3) is 0 Å². The molecule has 19 heavy (non-hydrogen) atoms. The summed E-state index contributed by atoms with van der Waals surface area (Å²) < 4.78 is 1.70. The molecule has 4 heteroatoms. The Labute approximate surface area is 119 Å². The van der Waals surface area contributed by atoms with E-state index in [-0.39, 0.29) is 6.04 Å². The Morgan fingerprint density at radius 3 is 2.58 bits per heavy atom. The van der Waals surface area contributed by atoms with Crippen molar-refractivity contribution in [3.8, 4) is 0 Å². The van der Waals surface area contributed by atoms with Gasteiger partial charge in [-0.3, -0.25) is 4.68 Å². The van der Waals surface area contributed by atoms with E-state index in [2.05, 4.69) is 29.4 Å². The van der Waals surface area contributed by atoms with E-state index >= 15 is 0 Å². The third kappa shape index (κ3) is 3.58. The van der Waals surface area contributed by atoms with Gasteiger partial charge in [0.05, 0.1) is 5.69 Å². The predicted molar refractivity (Wildman–Crippen MR) is 79.4 cm³/mol. The summed E-state index contributed by atoms with van der Waals surface area (Å²) in [6, 6.07) is 10.5. The first kappa shape index (κ1) is 14.1. The molecule has 2 N–H and O–H groups in total. The normalized spacial score (nSPS) is 12.6. The topological polar surface area (TPSA) is 43.8 Å². The Hall–Kier alpha value is -1.32. The van der Waals surface area contributed by atoms with Gasteiger partial charge in [-0.2, -0.15) is 5.10 Å². The third-order valence-electron chi connectivity index (χ3n) is 3.38. The minimum atomic E-state index is 0.112. The highest BCUT2D eigenvalue weighted by Crippen LogP contribution is 2.20. The first-order valence-electron chi connectivity index (χ1n) is 6.55. The minimum absolute atomic E-state index is 0.112. The highest BCUT2D eigenvalue weighted by atomic mass is 35.5. The summed E-state index contributed by atoms with van der Waals surface area (Å²) in [5, 5.41) is 5.01. The standard InChI is InChI=1S/C15H20ClN3/c1-11-14(15(16)19(2)18-11)10-13(17)9-8-12-6-4-3-5-7-12/h3-7,13H,8-10,17H2,1-2H3. The molecule has 1 aromatic heterocycles. The fourth-order valence-corrected chi connectivity index (χ4v) is 2.52. The second-order valence-corrected chi connectivity index (χ2v) is 5.32. The van der Waals surface area contributed by atoms with Crippen LogP contribution in [0.1, 0.15) is 23.2 Å². The molecule has 1 heterocycles. The molecule has 1 atom stereocenters. The van der Waals surface area contributed by atoms with Gasteiger partial charge in [-0.15, -0.1) is 0 Å². The monoisotopic (exact) mass is 277 g/mol. The smallest absolute Gasteiger partial charge is 0.130 e. The van der Waals surface area contributed by atoms with E-state index in [9.17, 15) is 0 Å². The Morgan fingerprint density at radius 1 is 1.32 bits per heavy atom. The lowest BCUT2D eigenvalue weighted by atomic mass is 10.0. The van der Waals surface area contributed by atoms with Gasteiger partial charge in [0.15, 0.2) is 0 Å². The first-order chi connectivity index (χ1) is 9.08. The zero-order chi connectivity index (χ0) is 13.8. The van der Waals surface area contributed by atoms with Crippen LogP contribution in [0.15, 0.2) is 30.3 Å². The lowest BCUT2D eigenvalue weighted by Gasteiger charge is -2.11. The Kier molecular flexibility index (Phi) is 4.61. The van der Waals surface area contributed by atoms with Gasteiger partial charge in [0.2, 0.25) is 0 Å². The van der Waals surface area contributed by atoms with Crippen molar-refractivity contribution >= 4 is 11.6 Å². The molecule has 0 fully saturated rings. The zero-order valence-electron chi connectivity index (χ0n) is 11.4. The molecule has 0 saturated carbocycles. The number of aryl methyl sites for hydroxylation is 3. The van der Waals surface area contributed by atoms with E-state index in [1.807, 2.05) is 20.0 Å². The van der Waals surface area contributed by atoms with Crippen LogP contribution in [0.3, 0.4) is 0 Å². The number of rotatable bonds is 5. The number of aromatic nitrogens is 2. The van der Waals surface area contributed by atoms with Crippen molar-refractivity contribution in [2.24, 2.45) is 12.8 Å². The lowest BCUT2D eigenvalue weighted by molar-refractivity contribution is 0.609. The first-order valence-corrected chi connectivity index (χ1v) is 6.93. The van der Waals surface area contributed by atoms with E-state index in [0.29, 0.717) is 5.15 Å². The van der Waals surface area contributed by atoms with Crippen molar-refractivity contribution in [2.45, 2.75) is 32.2 Å². The van der Waals surface area contributed by atoms with Crippen LogP contribution in [0.2, 0.25) is 5.15 Å². The van der Waals surface area contributed by atoms with Crippen molar-refractivity contribution in [2.75, 3.05) is 0 Å². The quantitative estimate of drug-likeness (QED) is 0.913. The molecule has 1 unspecified atom stereocenters. The Bertz CT molecular complexity index is 534. The van der Waals surface area contributed by atoms with Crippen molar-refractivity contribution < 1.29 is 0 Å². The molecular weight excluding hydrogens is 258 g/mol. The summed E-state index contributed by atoms with van der Waals surface area (Å²) in [6.45, 7) is 1.98. The van der Waals surface area contributed by atoms with Crippen LogP contribution in [0.25, 0.3) is 0 Å². The van der Waals surface area contributed by atoms with Crippen molar-refractivity contribution in [3.05, 3.63) is 52.3 Å². The number of hydrogen-bond donors (Lipinski definition) is 1. The molecule has 0 amide bonds. The number of hydrogen-bond acceptors (Lipinski definition) is 2. The molecular formula is C15H20ClN3. The number of benzene rings is 1. The number of halogens is 1. The molecule has 0 radical (unpaired) electrons. The van der Waals surface area contributed by atoms with Gasteiger partial charge >= 0.3 is 0 Å². The van der Waals surface area contributed by atoms with Gasteiger partial charge in [0.1, 0.15) is 5.15 Å². The van der Waals surface area contributed by atoms with Crippen LogP contribution < -0.4 is 5.73 Å². The summed E-state index contributed by atoms with van der Waals surface area (Å²) in [7, 11) is 1.86.